The molecular weight excluding hydrogens is 420 g/mol. The molecule has 1 aromatic heterocycles. The van der Waals surface area contributed by atoms with Crippen molar-refractivity contribution >= 4 is 32.7 Å². The van der Waals surface area contributed by atoms with Gasteiger partial charge in [0.15, 0.2) is 11.5 Å². The third-order valence-electron chi connectivity index (χ3n) is 5.01. The fourth-order valence-electron chi connectivity index (χ4n) is 3.63. The van der Waals surface area contributed by atoms with Crippen molar-refractivity contribution < 1.29 is 14.3 Å². The number of hydrogen-bond donors (Lipinski definition) is 1. The van der Waals surface area contributed by atoms with E-state index in [9.17, 15) is 4.79 Å². The molecule has 5 nitrogen and oxygen atoms in total. The van der Waals surface area contributed by atoms with Crippen LogP contribution in [-0.4, -0.2) is 36.1 Å². The number of fused-ring (bicyclic) bond motifs is 3. The van der Waals surface area contributed by atoms with E-state index in [0.29, 0.717) is 36.8 Å². The molecule has 6 heteroatoms. The minimum Gasteiger partial charge on any atom is -0.493 e. The molecule has 0 bridgehead atoms. The fraction of sp³-hybridized carbons (Fsp3) is 0.227. The fourth-order valence-corrected chi connectivity index (χ4v) is 4.09. The van der Waals surface area contributed by atoms with E-state index in [-0.39, 0.29) is 5.91 Å². The Morgan fingerprint density at radius 1 is 1.32 bits per heavy atom. The number of hydrogen-bond acceptors (Lipinski definition) is 3. The van der Waals surface area contributed by atoms with Crippen molar-refractivity contribution in [2.24, 2.45) is 0 Å². The van der Waals surface area contributed by atoms with Gasteiger partial charge in [-0.05, 0) is 40.2 Å². The number of carbonyl (C=O) groups is 1. The molecule has 0 saturated heterocycles. The van der Waals surface area contributed by atoms with Gasteiger partial charge in [-0.15, -0.1) is 0 Å². The zero-order valence-corrected chi connectivity index (χ0v) is 17.2. The van der Waals surface area contributed by atoms with E-state index in [0.717, 1.165) is 21.8 Å². The average molecular weight is 441 g/mol. The normalized spacial score (nSPS) is 13.3. The van der Waals surface area contributed by atoms with Gasteiger partial charge in [0.2, 0.25) is 0 Å². The molecule has 3 aromatic rings. The van der Waals surface area contributed by atoms with Crippen LogP contribution in [0.25, 0.3) is 10.9 Å². The number of benzene rings is 2. The Bertz CT molecular complexity index is 1060. The molecule has 2 heterocycles. The van der Waals surface area contributed by atoms with Crippen LogP contribution < -0.4 is 9.47 Å². The van der Waals surface area contributed by atoms with E-state index in [1.54, 1.807) is 31.4 Å². The molecule has 0 saturated carbocycles. The van der Waals surface area contributed by atoms with Gasteiger partial charge in [-0.2, -0.15) is 0 Å². The van der Waals surface area contributed by atoms with Gasteiger partial charge in [0.1, 0.15) is 6.61 Å². The second-order valence-corrected chi connectivity index (χ2v) is 7.54. The second-order valence-electron chi connectivity index (χ2n) is 6.69. The number of methoxy groups -OCH3 is 1. The molecule has 4 rings (SSSR count). The number of halogens is 1. The number of H-pyrrole nitrogens is 1. The van der Waals surface area contributed by atoms with Gasteiger partial charge >= 0.3 is 0 Å². The lowest BCUT2D eigenvalue weighted by atomic mass is 10.0. The molecule has 1 amide bonds. The summed E-state index contributed by atoms with van der Waals surface area (Å²) in [7, 11) is 1.57. The van der Waals surface area contributed by atoms with E-state index in [4.69, 9.17) is 9.47 Å². The van der Waals surface area contributed by atoms with Crippen LogP contribution in [0.15, 0.2) is 53.5 Å². The maximum absolute atomic E-state index is 13.1. The topological polar surface area (TPSA) is 54.6 Å². The molecule has 0 atom stereocenters. The summed E-state index contributed by atoms with van der Waals surface area (Å²) >= 11 is 3.60. The first-order valence-electron chi connectivity index (χ1n) is 9.11. The predicted molar refractivity (Wildman–Crippen MR) is 113 cm³/mol. The summed E-state index contributed by atoms with van der Waals surface area (Å²) in [6.45, 7) is 5.29. The van der Waals surface area contributed by atoms with Crippen molar-refractivity contribution in [1.82, 2.24) is 9.88 Å². The summed E-state index contributed by atoms with van der Waals surface area (Å²) in [5.41, 5.74) is 4.07. The Hall–Kier alpha value is -2.73. The predicted octanol–water partition coefficient (Wildman–Crippen LogP) is 4.70. The summed E-state index contributed by atoms with van der Waals surface area (Å²) < 4.78 is 12.0. The first-order chi connectivity index (χ1) is 13.6. The molecule has 2 aromatic carbocycles. The number of amides is 1. The van der Waals surface area contributed by atoms with Gasteiger partial charge in [-0.3, -0.25) is 4.79 Å². The van der Waals surface area contributed by atoms with E-state index < -0.39 is 0 Å². The lowest BCUT2D eigenvalue weighted by molar-refractivity contribution is 0.0734. The summed E-state index contributed by atoms with van der Waals surface area (Å²) in [6, 6.07) is 11.4. The van der Waals surface area contributed by atoms with Crippen LogP contribution in [0.1, 0.15) is 21.6 Å². The monoisotopic (exact) mass is 440 g/mol. The minimum absolute atomic E-state index is 0.0106. The summed E-state index contributed by atoms with van der Waals surface area (Å²) in [5.74, 6) is 1.13. The molecule has 1 aliphatic heterocycles. The van der Waals surface area contributed by atoms with Gasteiger partial charge in [0.25, 0.3) is 5.91 Å². The van der Waals surface area contributed by atoms with E-state index in [1.807, 2.05) is 17.0 Å². The quantitative estimate of drug-likeness (QED) is 0.584. The molecule has 0 spiro atoms. The van der Waals surface area contributed by atoms with Gasteiger partial charge in [0, 0.05) is 46.2 Å². The minimum atomic E-state index is -0.0106. The maximum Gasteiger partial charge on any atom is 0.254 e. The third kappa shape index (κ3) is 3.29. The van der Waals surface area contributed by atoms with Crippen LogP contribution in [0.3, 0.4) is 0 Å². The van der Waals surface area contributed by atoms with Gasteiger partial charge < -0.3 is 19.4 Å². The smallest absolute Gasteiger partial charge is 0.254 e. The number of rotatable bonds is 5. The largest absolute Gasteiger partial charge is 0.493 e. The number of nitrogens with one attached hydrogen (secondary N) is 1. The third-order valence-corrected chi connectivity index (χ3v) is 5.67. The highest BCUT2D eigenvalue weighted by Gasteiger charge is 2.26. The number of nitrogens with zero attached hydrogens (tertiary/aromatic N) is 1. The van der Waals surface area contributed by atoms with Crippen molar-refractivity contribution in [3.05, 3.63) is 70.3 Å². The first kappa shape index (κ1) is 18.6. The van der Waals surface area contributed by atoms with Crippen molar-refractivity contribution in [2.75, 3.05) is 20.3 Å². The van der Waals surface area contributed by atoms with Crippen molar-refractivity contribution in [3.63, 3.8) is 0 Å². The zero-order valence-electron chi connectivity index (χ0n) is 15.6. The van der Waals surface area contributed by atoms with Gasteiger partial charge in [-0.1, -0.05) is 24.8 Å². The van der Waals surface area contributed by atoms with Gasteiger partial charge in [-0.25, -0.2) is 0 Å². The average Bonchev–Trinajstić information content (AvgIpc) is 3.11. The summed E-state index contributed by atoms with van der Waals surface area (Å²) in [4.78, 5) is 18.5. The molecule has 144 valence electrons. The SMILES string of the molecule is C=CCOc1ccc(C(=O)N2CCc3[nH]c4c(Br)cccc4c3C2)cc1OC. The Morgan fingerprint density at radius 2 is 2.18 bits per heavy atom. The molecule has 0 fully saturated rings. The number of para-hydroxylation sites is 1. The lowest BCUT2D eigenvalue weighted by Crippen LogP contribution is -2.35. The van der Waals surface area contributed by atoms with E-state index in [1.165, 1.54) is 11.3 Å². The highest BCUT2D eigenvalue weighted by molar-refractivity contribution is 9.10. The van der Waals surface area contributed by atoms with Crippen molar-refractivity contribution in [3.8, 4) is 11.5 Å². The van der Waals surface area contributed by atoms with Crippen LogP contribution in [0.2, 0.25) is 0 Å². The summed E-state index contributed by atoms with van der Waals surface area (Å²) in [6.07, 6.45) is 2.48. The molecule has 0 unspecified atom stereocenters. The van der Waals surface area contributed by atoms with Crippen molar-refractivity contribution in [1.29, 1.82) is 0 Å². The maximum atomic E-state index is 13.1. The zero-order chi connectivity index (χ0) is 19.7. The Kier molecular flexibility index (Phi) is 5.13. The first-order valence-corrected chi connectivity index (χ1v) is 9.90. The highest BCUT2D eigenvalue weighted by Crippen LogP contribution is 2.33. The van der Waals surface area contributed by atoms with E-state index >= 15 is 0 Å². The Labute approximate surface area is 172 Å². The Morgan fingerprint density at radius 3 is 2.96 bits per heavy atom. The number of carbonyl (C=O) groups excluding carboxylic acids is 1. The molecule has 1 aliphatic rings. The molecule has 28 heavy (non-hydrogen) atoms. The molecule has 1 N–H and O–H groups in total. The van der Waals surface area contributed by atoms with Crippen LogP contribution in [0, 0.1) is 0 Å². The van der Waals surface area contributed by atoms with Crippen LogP contribution >= 0.6 is 15.9 Å². The van der Waals surface area contributed by atoms with Gasteiger partial charge in [0.05, 0.1) is 12.6 Å². The van der Waals surface area contributed by atoms with Crippen LogP contribution in [-0.2, 0) is 13.0 Å². The van der Waals surface area contributed by atoms with E-state index in [2.05, 4.69) is 33.6 Å². The molecule has 0 radical (unpaired) electrons. The lowest BCUT2D eigenvalue weighted by Gasteiger charge is -2.27. The van der Waals surface area contributed by atoms with Crippen LogP contribution in [0.5, 0.6) is 11.5 Å². The standard InChI is InChI=1S/C22H21BrN2O3/c1-3-11-28-19-8-7-14(12-20(19)27-2)22(26)25-10-9-18-16(13-25)15-5-4-6-17(23)21(15)24-18/h3-8,12,24H,1,9-11,13H2,2H3. The number of aromatic nitrogens is 1. The molecule has 0 aliphatic carbocycles. The highest BCUT2D eigenvalue weighted by atomic mass is 79.9. The summed E-state index contributed by atoms with van der Waals surface area (Å²) in [5, 5.41) is 1.16. The van der Waals surface area contributed by atoms with Crippen LogP contribution in [0.4, 0.5) is 0 Å². The number of ether oxygens (including phenoxy) is 2. The Balaban J connectivity index is 1.60. The molecular formula is C22H21BrN2O3. The second kappa shape index (κ2) is 7.72. The number of aromatic amines is 1. The van der Waals surface area contributed by atoms with Crippen molar-refractivity contribution in [2.45, 2.75) is 13.0 Å².